The van der Waals surface area contributed by atoms with Crippen molar-refractivity contribution in [2.24, 2.45) is 0 Å². The lowest BCUT2D eigenvalue weighted by molar-refractivity contribution is 0.375. The molecule has 5 heteroatoms. The van der Waals surface area contributed by atoms with Crippen molar-refractivity contribution in [2.45, 2.75) is 19.4 Å². The van der Waals surface area contributed by atoms with Gasteiger partial charge in [0.1, 0.15) is 0 Å². The van der Waals surface area contributed by atoms with Crippen LogP contribution in [0.1, 0.15) is 13.8 Å². The quantitative estimate of drug-likeness (QED) is 0.859. The highest BCUT2D eigenvalue weighted by Gasteiger charge is 2.31. The van der Waals surface area contributed by atoms with E-state index in [-0.39, 0.29) is 5.54 Å². The van der Waals surface area contributed by atoms with E-state index in [0.717, 1.165) is 36.7 Å². The Labute approximate surface area is 113 Å². The zero-order valence-electron chi connectivity index (χ0n) is 11.3. The van der Waals surface area contributed by atoms with Crippen LogP contribution in [-0.2, 0) is 0 Å². The Balaban J connectivity index is 1.86. The van der Waals surface area contributed by atoms with Gasteiger partial charge < -0.3 is 15.2 Å². The molecule has 0 atom stereocenters. The predicted octanol–water partition coefficient (Wildman–Crippen LogP) is 1.66. The van der Waals surface area contributed by atoms with Crippen molar-refractivity contribution in [2.75, 3.05) is 24.5 Å². The number of piperazine rings is 1. The molecule has 0 aliphatic carbocycles. The standard InChI is InChI=1S/C14H19N5/c1-14(2)10-16-5-6-19(14)13-17-8-12(9-18-13)11-3-4-15-7-11/h3-4,7-9,15-16H,5-6,10H2,1-2H3. The zero-order valence-corrected chi connectivity index (χ0v) is 11.3. The van der Waals surface area contributed by atoms with Gasteiger partial charge >= 0.3 is 0 Å². The van der Waals surface area contributed by atoms with Gasteiger partial charge in [0.25, 0.3) is 0 Å². The van der Waals surface area contributed by atoms with Crippen molar-refractivity contribution < 1.29 is 0 Å². The van der Waals surface area contributed by atoms with E-state index >= 15 is 0 Å². The largest absolute Gasteiger partial charge is 0.367 e. The summed E-state index contributed by atoms with van der Waals surface area (Å²) in [7, 11) is 0. The third kappa shape index (κ3) is 2.33. The van der Waals surface area contributed by atoms with E-state index in [4.69, 9.17) is 0 Å². The molecule has 100 valence electrons. The second kappa shape index (κ2) is 4.66. The molecule has 3 heterocycles. The van der Waals surface area contributed by atoms with E-state index in [1.54, 1.807) is 0 Å². The Bertz CT molecular complexity index is 529. The van der Waals surface area contributed by atoms with E-state index in [0.29, 0.717) is 0 Å². The topological polar surface area (TPSA) is 56.8 Å². The molecular weight excluding hydrogens is 238 g/mol. The number of hydrogen-bond donors (Lipinski definition) is 2. The molecule has 2 aromatic rings. The van der Waals surface area contributed by atoms with Gasteiger partial charge in [0.2, 0.25) is 5.95 Å². The van der Waals surface area contributed by atoms with Crippen LogP contribution >= 0.6 is 0 Å². The molecule has 2 aromatic heterocycles. The molecule has 1 aliphatic heterocycles. The number of hydrogen-bond acceptors (Lipinski definition) is 4. The highest BCUT2D eigenvalue weighted by molar-refractivity contribution is 5.61. The van der Waals surface area contributed by atoms with E-state index < -0.39 is 0 Å². The number of aromatic nitrogens is 3. The molecule has 1 aliphatic rings. The molecule has 0 spiro atoms. The Morgan fingerprint density at radius 2 is 2.00 bits per heavy atom. The van der Waals surface area contributed by atoms with Crippen LogP contribution in [0.15, 0.2) is 30.9 Å². The molecule has 3 rings (SSSR count). The fourth-order valence-electron chi connectivity index (χ4n) is 2.47. The van der Waals surface area contributed by atoms with Crippen LogP contribution in [0.3, 0.4) is 0 Å². The number of anilines is 1. The Kier molecular flexibility index (Phi) is 2.98. The maximum absolute atomic E-state index is 4.53. The molecule has 19 heavy (non-hydrogen) atoms. The van der Waals surface area contributed by atoms with Crippen molar-refractivity contribution >= 4 is 5.95 Å². The molecule has 0 amide bonds. The minimum Gasteiger partial charge on any atom is -0.367 e. The van der Waals surface area contributed by atoms with E-state index in [2.05, 4.69) is 39.0 Å². The summed E-state index contributed by atoms with van der Waals surface area (Å²) in [4.78, 5) is 14.4. The van der Waals surface area contributed by atoms with Gasteiger partial charge in [0, 0.05) is 61.1 Å². The lowest BCUT2D eigenvalue weighted by Crippen LogP contribution is -2.58. The van der Waals surface area contributed by atoms with Crippen LogP contribution < -0.4 is 10.2 Å². The molecule has 2 N–H and O–H groups in total. The van der Waals surface area contributed by atoms with Crippen molar-refractivity contribution in [3.05, 3.63) is 30.9 Å². The third-order valence-electron chi connectivity index (χ3n) is 3.61. The number of rotatable bonds is 2. The Morgan fingerprint density at radius 1 is 1.21 bits per heavy atom. The summed E-state index contributed by atoms with van der Waals surface area (Å²) in [5, 5.41) is 3.41. The Morgan fingerprint density at radius 3 is 2.63 bits per heavy atom. The molecule has 1 fully saturated rings. The number of H-pyrrole nitrogens is 1. The summed E-state index contributed by atoms with van der Waals surface area (Å²) >= 11 is 0. The third-order valence-corrected chi connectivity index (χ3v) is 3.61. The summed E-state index contributed by atoms with van der Waals surface area (Å²) < 4.78 is 0. The van der Waals surface area contributed by atoms with Crippen molar-refractivity contribution in [3.63, 3.8) is 0 Å². The van der Waals surface area contributed by atoms with Gasteiger partial charge in [-0.2, -0.15) is 0 Å². The molecule has 1 saturated heterocycles. The van der Waals surface area contributed by atoms with Crippen molar-refractivity contribution in [1.82, 2.24) is 20.3 Å². The first kappa shape index (κ1) is 12.2. The Hall–Kier alpha value is -1.88. The maximum atomic E-state index is 4.53. The van der Waals surface area contributed by atoms with E-state index in [9.17, 15) is 0 Å². The average molecular weight is 257 g/mol. The van der Waals surface area contributed by atoms with Crippen LogP contribution in [0.25, 0.3) is 11.1 Å². The predicted molar refractivity (Wildman–Crippen MR) is 76.1 cm³/mol. The van der Waals surface area contributed by atoms with Gasteiger partial charge in [-0.05, 0) is 19.9 Å². The highest BCUT2D eigenvalue weighted by atomic mass is 15.3. The summed E-state index contributed by atoms with van der Waals surface area (Å²) in [5.74, 6) is 0.811. The molecular formula is C14H19N5. The lowest BCUT2D eigenvalue weighted by Gasteiger charge is -2.42. The zero-order chi connectivity index (χ0) is 13.3. The minimum absolute atomic E-state index is 0.0495. The highest BCUT2D eigenvalue weighted by Crippen LogP contribution is 2.23. The van der Waals surface area contributed by atoms with Crippen LogP contribution in [0.2, 0.25) is 0 Å². The first-order chi connectivity index (χ1) is 9.17. The van der Waals surface area contributed by atoms with Crippen LogP contribution in [0.4, 0.5) is 5.95 Å². The van der Waals surface area contributed by atoms with Crippen molar-refractivity contribution in [1.29, 1.82) is 0 Å². The van der Waals surface area contributed by atoms with Gasteiger partial charge in [-0.3, -0.25) is 0 Å². The first-order valence-corrected chi connectivity index (χ1v) is 6.60. The monoisotopic (exact) mass is 257 g/mol. The van der Waals surface area contributed by atoms with E-state index in [1.807, 2.05) is 30.9 Å². The van der Waals surface area contributed by atoms with Crippen LogP contribution in [-0.4, -0.2) is 40.1 Å². The normalized spacial score (nSPS) is 18.5. The summed E-state index contributed by atoms with van der Waals surface area (Å²) in [6, 6.07) is 2.02. The maximum Gasteiger partial charge on any atom is 0.225 e. The molecule has 0 bridgehead atoms. The average Bonchev–Trinajstić information content (AvgIpc) is 2.92. The van der Waals surface area contributed by atoms with Gasteiger partial charge in [-0.15, -0.1) is 0 Å². The molecule has 0 aromatic carbocycles. The molecule has 5 nitrogen and oxygen atoms in total. The smallest absolute Gasteiger partial charge is 0.225 e. The molecule has 0 radical (unpaired) electrons. The lowest BCUT2D eigenvalue weighted by atomic mass is 10.0. The summed E-state index contributed by atoms with van der Waals surface area (Å²) in [6.07, 6.45) is 7.64. The van der Waals surface area contributed by atoms with Crippen LogP contribution in [0.5, 0.6) is 0 Å². The number of nitrogens with one attached hydrogen (secondary N) is 2. The SMILES string of the molecule is CC1(C)CNCCN1c1ncc(-c2cc[nH]c2)cn1. The van der Waals surface area contributed by atoms with E-state index in [1.165, 1.54) is 0 Å². The first-order valence-electron chi connectivity index (χ1n) is 6.60. The second-order valence-electron chi connectivity index (χ2n) is 5.51. The second-order valence-corrected chi connectivity index (χ2v) is 5.51. The van der Waals surface area contributed by atoms with Gasteiger partial charge in [0.05, 0.1) is 0 Å². The van der Waals surface area contributed by atoms with Crippen LogP contribution in [0, 0.1) is 0 Å². The fraction of sp³-hybridized carbons (Fsp3) is 0.429. The van der Waals surface area contributed by atoms with Gasteiger partial charge in [-0.1, -0.05) is 0 Å². The van der Waals surface area contributed by atoms with Gasteiger partial charge in [-0.25, -0.2) is 9.97 Å². The summed E-state index contributed by atoms with van der Waals surface area (Å²) in [5.41, 5.74) is 2.21. The fourth-order valence-corrected chi connectivity index (χ4v) is 2.47. The number of nitrogens with zero attached hydrogens (tertiary/aromatic N) is 3. The summed E-state index contributed by atoms with van der Waals surface area (Å²) in [6.45, 7) is 7.30. The van der Waals surface area contributed by atoms with Crippen molar-refractivity contribution in [3.8, 4) is 11.1 Å². The molecule has 0 saturated carbocycles. The number of aromatic amines is 1. The minimum atomic E-state index is 0.0495. The molecule has 0 unspecified atom stereocenters. The van der Waals surface area contributed by atoms with Gasteiger partial charge in [0.15, 0.2) is 0 Å².